The van der Waals surface area contributed by atoms with Crippen LogP contribution in [0.3, 0.4) is 0 Å². The van der Waals surface area contributed by atoms with Crippen molar-refractivity contribution in [3.05, 3.63) is 0 Å². The van der Waals surface area contributed by atoms with Crippen molar-refractivity contribution in [3.8, 4) is 0 Å². The molecule has 0 saturated carbocycles. The van der Waals surface area contributed by atoms with E-state index in [2.05, 4.69) is 5.32 Å². The van der Waals surface area contributed by atoms with Crippen LogP contribution in [-0.2, 0) is 4.79 Å². The number of carboxylic acids is 1. The molecule has 0 aromatic rings. The number of carboxylic acid groups (broad SMARTS) is 1. The minimum Gasteiger partial charge on any atom is -0.480 e. The van der Waals surface area contributed by atoms with Crippen molar-refractivity contribution >= 4 is 12.0 Å². The highest BCUT2D eigenvalue weighted by atomic mass is 16.4. The molecular weight excluding hydrogens is 248 g/mol. The Balaban J connectivity index is 2.63. The fraction of sp³-hybridized carbons (Fsp3) is 0.846. The molecule has 0 spiro atoms. The maximum atomic E-state index is 12.1. The standard InChI is InChI=1S/C13H24N2O4/c1-3-9(2)11(12(17)18)14-13(19)15-7-4-5-10(15)6-8-16/h9-11,16H,3-8H2,1-2H3,(H,14,19)(H,17,18)/t9?,10?,11-/m0/s1. The Morgan fingerprint density at radius 2 is 2.16 bits per heavy atom. The average Bonchev–Trinajstić information content (AvgIpc) is 2.83. The van der Waals surface area contributed by atoms with E-state index in [1.54, 1.807) is 4.90 Å². The normalized spacial score (nSPS) is 22.1. The first-order chi connectivity index (χ1) is 9.01. The summed E-state index contributed by atoms with van der Waals surface area (Å²) < 4.78 is 0. The number of likely N-dealkylation sites (tertiary alicyclic amines) is 1. The van der Waals surface area contributed by atoms with Gasteiger partial charge in [-0.1, -0.05) is 20.3 Å². The molecule has 3 N–H and O–H groups in total. The Bertz CT molecular complexity index is 322. The van der Waals surface area contributed by atoms with E-state index in [1.165, 1.54) is 0 Å². The van der Waals surface area contributed by atoms with Crippen LogP contribution in [0.1, 0.15) is 39.5 Å². The lowest BCUT2D eigenvalue weighted by molar-refractivity contribution is -0.140. The molecule has 6 heteroatoms. The fourth-order valence-electron chi connectivity index (χ4n) is 2.45. The summed E-state index contributed by atoms with van der Waals surface area (Å²) in [5.74, 6) is -1.11. The van der Waals surface area contributed by atoms with Crippen molar-refractivity contribution in [2.75, 3.05) is 13.2 Å². The molecule has 6 nitrogen and oxygen atoms in total. The van der Waals surface area contributed by atoms with Gasteiger partial charge in [0.2, 0.25) is 0 Å². The average molecular weight is 272 g/mol. The number of aliphatic hydroxyl groups excluding tert-OH is 1. The van der Waals surface area contributed by atoms with Gasteiger partial charge in [-0.25, -0.2) is 9.59 Å². The third-order valence-corrected chi connectivity index (χ3v) is 3.86. The number of aliphatic carboxylic acids is 1. The summed E-state index contributed by atoms with van der Waals surface area (Å²) in [6, 6.07) is -1.16. The fourth-order valence-corrected chi connectivity index (χ4v) is 2.45. The van der Waals surface area contributed by atoms with Gasteiger partial charge in [0.25, 0.3) is 0 Å². The van der Waals surface area contributed by atoms with Crippen LogP contribution in [0.4, 0.5) is 4.79 Å². The maximum absolute atomic E-state index is 12.1. The van der Waals surface area contributed by atoms with E-state index in [9.17, 15) is 9.59 Å². The number of urea groups is 1. The summed E-state index contributed by atoms with van der Waals surface area (Å²) in [4.78, 5) is 25.0. The van der Waals surface area contributed by atoms with Gasteiger partial charge in [0.05, 0.1) is 0 Å². The van der Waals surface area contributed by atoms with E-state index >= 15 is 0 Å². The molecule has 1 saturated heterocycles. The number of hydrogen-bond acceptors (Lipinski definition) is 3. The van der Waals surface area contributed by atoms with Gasteiger partial charge in [-0.15, -0.1) is 0 Å². The summed E-state index contributed by atoms with van der Waals surface area (Å²) in [7, 11) is 0. The summed E-state index contributed by atoms with van der Waals surface area (Å²) in [6.45, 7) is 4.39. The van der Waals surface area contributed by atoms with Gasteiger partial charge in [-0.2, -0.15) is 0 Å². The molecule has 2 unspecified atom stereocenters. The molecule has 19 heavy (non-hydrogen) atoms. The number of hydrogen-bond donors (Lipinski definition) is 3. The minimum absolute atomic E-state index is 0.0244. The van der Waals surface area contributed by atoms with Crippen molar-refractivity contribution in [2.45, 2.75) is 51.6 Å². The zero-order valence-corrected chi connectivity index (χ0v) is 11.6. The van der Waals surface area contributed by atoms with Gasteiger partial charge in [0.15, 0.2) is 0 Å². The number of carbonyl (C=O) groups is 2. The molecule has 0 aliphatic carbocycles. The predicted molar refractivity (Wildman–Crippen MR) is 70.8 cm³/mol. The van der Waals surface area contributed by atoms with Crippen LogP contribution in [-0.4, -0.2) is 52.3 Å². The molecule has 1 rings (SSSR count). The summed E-state index contributed by atoms with van der Waals surface area (Å²) >= 11 is 0. The molecule has 2 amide bonds. The third kappa shape index (κ3) is 4.09. The molecule has 3 atom stereocenters. The summed E-state index contributed by atoms with van der Waals surface area (Å²) in [6.07, 6.45) is 3.01. The molecule has 1 heterocycles. The van der Waals surface area contributed by atoms with Crippen molar-refractivity contribution in [1.29, 1.82) is 0 Å². The highest BCUT2D eigenvalue weighted by molar-refractivity contribution is 5.83. The van der Waals surface area contributed by atoms with Crippen LogP contribution in [0.2, 0.25) is 0 Å². The van der Waals surface area contributed by atoms with E-state index in [0.29, 0.717) is 19.4 Å². The van der Waals surface area contributed by atoms with Crippen molar-refractivity contribution in [1.82, 2.24) is 10.2 Å². The van der Waals surface area contributed by atoms with Crippen LogP contribution >= 0.6 is 0 Å². The largest absolute Gasteiger partial charge is 0.480 e. The SMILES string of the molecule is CCC(C)[C@H](NC(=O)N1CCCC1CCO)C(=O)O. The Morgan fingerprint density at radius 1 is 1.47 bits per heavy atom. The Kier molecular flexibility index (Phi) is 6.08. The Hall–Kier alpha value is -1.30. The molecule has 1 aliphatic rings. The smallest absolute Gasteiger partial charge is 0.326 e. The predicted octanol–water partition coefficient (Wildman–Crippen LogP) is 1.04. The van der Waals surface area contributed by atoms with Crippen molar-refractivity contribution in [3.63, 3.8) is 0 Å². The second kappa shape index (κ2) is 7.33. The van der Waals surface area contributed by atoms with E-state index < -0.39 is 12.0 Å². The van der Waals surface area contributed by atoms with Crippen LogP contribution in [0.25, 0.3) is 0 Å². The van der Waals surface area contributed by atoms with Gasteiger partial charge in [0.1, 0.15) is 6.04 Å². The van der Waals surface area contributed by atoms with Gasteiger partial charge >= 0.3 is 12.0 Å². The quantitative estimate of drug-likeness (QED) is 0.674. The maximum Gasteiger partial charge on any atom is 0.326 e. The number of rotatable bonds is 6. The van der Waals surface area contributed by atoms with E-state index in [4.69, 9.17) is 10.2 Å². The van der Waals surface area contributed by atoms with Crippen LogP contribution in [0, 0.1) is 5.92 Å². The van der Waals surface area contributed by atoms with Crippen molar-refractivity contribution in [2.24, 2.45) is 5.92 Å². The second-order valence-electron chi connectivity index (χ2n) is 5.15. The minimum atomic E-state index is -0.999. The summed E-state index contributed by atoms with van der Waals surface area (Å²) in [5.41, 5.74) is 0. The van der Waals surface area contributed by atoms with E-state index in [-0.39, 0.29) is 24.6 Å². The lowest BCUT2D eigenvalue weighted by atomic mass is 9.99. The first-order valence-electron chi connectivity index (χ1n) is 6.92. The number of aliphatic hydroxyl groups is 1. The van der Waals surface area contributed by atoms with Crippen LogP contribution in [0.15, 0.2) is 0 Å². The highest BCUT2D eigenvalue weighted by Gasteiger charge is 2.32. The topological polar surface area (TPSA) is 89.9 Å². The first kappa shape index (κ1) is 15.8. The van der Waals surface area contributed by atoms with Gasteiger partial charge in [-0.05, 0) is 25.2 Å². The number of nitrogens with zero attached hydrogens (tertiary/aromatic N) is 1. The molecular formula is C13H24N2O4. The van der Waals surface area contributed by atoms with Crippen LogP contribution < -0.4 is 5.32 Å². The molecule has 0 bridgehead atoms. The third-order valence-electron chi connectivity index (χ3n) is 3.86. The zero-order chi connectivity index (χ0) is 14.4. The van der Waals surface area contributed by atoms with Gasteiger partial charge in [0, 0.05) is 19.2 Å². The van der Waals surface area contributed by atoms with Crippen molar-refractivity contribution < 1.29 is 19.8 Å². The van der Waals surface area contributed by atoms with Gasteiger partial charge < -0.3 is 20.4 Å². The number of amides is 2. The molecule has 110 valence electrons. The molecule has 0 radical (unpaired) electrons. The first-order valence-corrected chi connectivity index (χ1v) is 6.92. The second-order valence-corrected chi connectivity index (χ2v) is 5.15. The van der Waals surface area contributed by atoms with E-state index in [1.807, 2.05) is 13.8 Å². The summed E-state index contributed by atoms with van der Waals surface area (Å²) in [5, 5.41) is 20.7. The van der Waals surface area contributed by atoms with Gasteiger partial charge in [-0.3, -0.25) is 0 Å². The van der Waals surface area contributed by atoms with Crippen LogP contribution in [0.5, 0.6) is 0 Å². The Labute approximate surface area is 113 Å². The molecule has 1 fully saturated rings. The lowest BCUT2D eigenvalue weighted by Crippen LogP contribution is -2.51. The molecule has 1 aliphatic heterocycles. The molecule has 0 aromatic carbocycles. The Morgan fingerprint density at radius 3 is 2.68 bits per heavy atom. The highest BCUT2D eigenvalue weighted by Crippen LogP contribution is 2.20. The van der Waals surface area contributed by atoms with E-state index in [0.717, 1.165) is 12.8 Å². The zero-order valence-electron chi connectivity index (χ0n) is 11.6. The monoisotopic (exact) mass is 272 g/mol. The molecule has 0 aromatic heterocycles. The number of nitrogens with one attached hydrogen (secondary N) is 1. The number of carbonyl (C=O) groups excluding carboxylic acids is 1. The lowest BCUT2D eigenvalue weighted by Gasteiger charge is -2.28.